The number of aromatic nitrogens is 1. The first-order valence-electron chi connectivity index (χ1n) is 14.3. The minimum Gasteiger partial charge on any atom is -0.337 e. The Balaban J connectivity index is 1.48. The van der Waals surface area contributed by atoms with Gasteiger partial charge in [0.25, 0.3) is 6.23 Å². The van der Waals surface area contributed by atoms with Crippen LogP contribution in [-0.2, 0) is 0 Å². The van der Waals surface area contributed by atoms with Gasteiger partial charge in [0.2, 0.25) is 0 Å². The summed E-state index contributed by atoms with van der Waals surface area (Å²) in [5.74, 6) is 1.68. The van der Waals surface area contributed by atoms with Gasteiger partial charge in [-0.05, 0) is 50.1 Å². The summed E-state index contributed by atoms with van der Waals surface area (Å²) < 4.78 is 8.32. The summed E-state index contributed by atoms with van der Waals surface area (Å²) in [7, 11) is 0. The zero-order valence-corrected chi connectivity index (χ0v) is 23.3. The van der Waals surface area contributed by atoms with Crippen LogP contribution in [0.25, 0.3) is 33.8 Å². The maximum absolute atomic E-state index is 10.7. The SMILES string of the molecule is CCCCCCCCCCC(O)[n+]1ccc(-c2cc(-c3ccc(C)cc3)[o+]c(-c3ccc(C)cc3)c2)cc1. The van der Waals surface area contributed by atoms with Crippen molar-refractivity contribution in [1.29, 1.82) is 0 Å². The standard InChI is InChI=1S/C35H43NO2/c1-4-5-6-7-8-9-10-11-12-35(37)36-23-21-29(22-24-36)32-25-33(30-17-13-27(2)14-18-30)38-34(26-32)31-19-15-28(3)16-20-31/h13-26,35,37H,4-12H2,1-3H3/q+2. The fourth-order valence-electron chi connectivity index (χ4n) is 4.83. The molecule has 2 aromatic carbocycles. The molecule has 0 spiro atoms. The number of benzene rings is 2. The highest BCUT2D eigenvalue weighted by Gasteiger charge is 2.21. The largest absolute Gasteiger partial charge is 0.361 e. The Morgan fingerprint density at radius 3 is 1.58 bits per heavy atom. The summed E-state index contributed by atoms with van der Waals surface area (Å²) in [6, 6.07) is 25.3. The number of aliphatic hydroxyl groups excluding tert-OH is 1. The Morgan fingerprint density at radius 1 is 0.605 bits per heavy atom. The molecule has 0 fully saturated rings. The van der Waals surface area contributed by atoms with Crippen LogP contribution in [0.15, 0.2) is 89.6 Å². The first kappa shape index (κ1) is 27.7. The molecule has 0 radical (unpaired) electrons. The molecular formula is C35H43NO2+2. The highest BCUT2D eigenvalue weighted by Crippen LogP contribution is 2.33. The van der Waals surface area contributed by atoms with Gasteiger partial charge in [-0.15, -0.1) is 0 Å². The number of rotatable bonds is 13. The van der Waals surface area contributed by atoms with E-state index in [1.165, 1.54) is 56.1 Å². The van der Waals surface area contributed by atoms with E-state index in [1.807, 2.05) is 17.0 Å². The average molecular weight is 510 g/mol. The highest BCUT2D eigenvalue weighted by molar-refractivity contribution is 5.74. The Hall–Kier alpha value is -3.30. The molecule has 4 rings (SSSR count). The number of hydrogen-bond donors (Lipinski definition) is 1. The minimum absolute atomic E-state index is 0.485. The molecule has 198 valence electrons. The summed E-state index contributed by atoms with van der Waals surface area (Å²) in [6.07, 6.45) is 14.5. The summed E-state index contributed by atoms with van der Waals surface area (Å²) in [5, 5.41) is 10.7. The molecule has 38 heavy (non-hydrogen) atoms. The van der Waals surface area contributed by atoms with Gasteiger partial charge >= 0.3 is 11.5 Å². The molecule has 0 saturated carbocycles. The van der Waals surface area contributed by atoms with Crippen LogP contribution in [-0.4, -0.2) is 5.11 Å². The monoisotopic (exact) mass is 509 g/mol. The Morgan fingerprint density at radius 2 is 1.08 bits per heavy atom. The van der Waals surface area contributed by atoms with Crippen LogP contribution in [0, 0.1) is 13.8 Å². The third-order valence-corrected chi connectivity index (χ3v) is 7.31. The number of aliphatic hydroxyl groups is 1. The van der Waals surface area contributed by atoms with Gasteiger partial charge in [0.1, 0.15) is 0 Å². The maximum Gasteiger partial charge on any atom is 0.361 e. The number of unbranched alkanes of at least 4 members (excludes halogenated alkanes) is 7. The molecule has 3 nitrogen and oxygen atoms in total. The van der Waals surface area contributed by atoms with Crippen molar-refractivity contribution >= 4 is 0 Å². The third kappa shape index (κ3) is 7.85. The van der Waals surface area contributed by atoms with Crippen LogP contribution in [0.4, 0.5) is 0 Å². The average Bonchev–Trinajstić information content (AvgIpc) is 2.95. The minimum atomic E-state index is -0.485. The van der Waals surface area contributed by atoms with Crippen LogP contribution in [0.3, 0.4) is 0 Å². The first-order valence-corrected chi connectivity index (χ1v) is 14.3. The molecule has 1 N–H and O–H groups in total. The van der Waals surface area contributed by atoms with Gasteiger partial charge < -0.3 is 5.11 Å². The van der Waals surface area contributed by atoms with Gasteiger partial charge in [0, 0.05) is 24.1 Å². The first-order chi connectivity index (χ1) is 18.5. The Labute approximate surface area is 228 Å². The van der Waals surface area contributed by atoms with Crippen molar-refractivity contribution < 1.29 is 14.1 Å². The molecule has 0 bridgehead atoms. The van der Waals surface area contributed by atoms with Gasteiger partial charge in [-0.2, -0.15) is 4.57 Å². The fraction of sp³-hybridized carbons (Fsp3) is 0.371. The number of hydrogen-bond acceptors (Lipinski definition) is 1. The summed E-state index contributed by atoms with van der Waals surface area (Å²) in [4.78, 5) is 0. The zero-order valence-electron chi connectivity index (χ0n) is 23.3. The fourth-order valence-corrected chi connectivity index (χ4v) is 4.83. The van der Waals surface area contributed by atoms with E-state index in [2.05, 4.69) is 93.6 Å². The lowest BCUT2D eigenvalue weighted by molar-refractivity contribution is -0.760. The van der Waals surface area contributed by atoms with Crippen LogP contribution < -0.4 is 4.57 Å². The highest BCUT2D eigenvalue weighted by atomic mass is 16.3. The van der Waals surface area contributed by atoms with Crippen molar-refractivity contribution in [2.45, 2.75) is 84.8 Å². The molecule has 3 heteroatoms. The van der Waals surface area contributed by atoms with Crippen LogP contribution >= 0.6 is 0 Å². The number of aryl methyl sites for hydroxylation is 2. The molecule has 1 atom stereocenters. The van der Waals surface area contributed by atoms with Crippen LogP contribution in [0.5, 0.6) is 0 Å². The quantitative estimate of drug-likeness (QED) is 0.111. The normalized spacial score (nSPS) is 12.0. The molecule has 2 aromatic heterocycles. The van der Waals surface area contributed by atoms with Gasteiger partial charge in [-0.3, -0.25) is 0 Å². The van der Waals surface area contributed by atoms with E-state index in [1.54, 1.807) is 0 Å². The zero-order chi connectivity index (χ0) is 26.7. The number of pyridine rings is 1. The van der Waals surface area contributed by atoms with E-state index in [-0.39, 0.29) is 0 Å². The predicted octanol–water partition coefficient (Wildman–Crippen LogP) is 9.49. The van der Waals surface area contributed by atoms with Crippen molar-refractivity contribution in [1.82, 2.24) is 0 Å². The van der Waals surface area contributed by atoms with Crippen molar-refractivity contribution in [3.63, 3.8) is 0 Å². The maximum atomic E-state index is 10.7. The van der Waals surface area contributed by atoms with E-state index in [0.717, 1.165) is 46.6 Å². The number of nitrogens with zero attached hydrogens (tertiary/aromatic N) is 1. The van der Waals surface area contributed by atoms with Gasteiger partial charge in [-0.25, -0.2) is 4.42 Å². The van der Waals surface area contributed by atoms with Crippen molar-refractivity contribution in [3.05, 3.63) is 96.3 Å². The van der Waals surface area contributed by atoms with Crippen molar-refractivity contribution in [2.24, 2.45) is 0 Å². The molecule has 0 aliphatic carbocycles. The molecule has 0 aliphatic rings. The Kier molecular flexibility index (Phi) is 10.2. The summed E-state index contributed by atoms with van der Waals surface area (Å²) >= 11 is 0. The molecule has 4 aromatic rings. The lowest BCUT2D eigenvalue weighted by Crippen LogP contribution is -2.38. The lowest BCUT2D eigenvalue weighted by Gasteiger charge is -2.07. The van der Waals surface area contributed by atoms with Crippen LogP contribution in [0.1, 0.15) is 82.1 Å². The third-order valence-electron chi connectivity index (χ3n) is 7.31. The molecule has 0 amide bonds. The van der Waals surface area contributed by atoms with Crippen LogP contribution in [0.2, 0.25) is 0 Å². The topological polar surface area (TPSA) is 35.4 Å². The van der Waals surface area contributed by atoms with E-state index in [4.69, 9.17) is 4.42 Å². The smallest absolute Gasteiger partial charge is 0.337 e. The Bertz CT molecular complexity index is 1200. The molecule has 2 heterocycles. The van der Waals surface area contributed by atoms with Crippen molar-refractivity contribution in [3.8, 4) is 33.8 Å². The van der Waals surface area contributed by atoms with E-state index in [9.17, 15) is 5.11 Å². The molecule has 0 aliphatic heterocycles. The summed E-state index contributed by atoms with van der Waals surface area (Å²) in [5.41, 5.74) is 6.74. The van der Waals surface area contributed by atoms with E-state index >= 15 is 0 Å². The van der Waals surface area contributed by atoms with Gasteiger partial charge in [0.15, 0.2) is 12.4 Å². The van der Waals surface area contributed by atoms with E-state index in [0.29, 0.717) is 0 Å². The summed E-state index contributed by atoms with van der Waals surface area (Å²) in [6.45, 7) is 6.45. The van der Waals surface area contributed by atoms with Gasteiger partial charge in [-0.1, -0.05) is 87.3 Å². The molecular weight excluding hydrogens is 466 g/mol. The van der Waals surface area contributed by atoms with Gasteiger partial charge in [0.05, 0.1) is 23.3 Å². The second-order valence-electron chi connectivity index (χ2n) is 10.6. The van der Waals surface area contributed by atoms with Crippen molar-refractivity contribution in [2.75, 3.05) is 0 Å². The molecule has 0 saturated heterocycles. The lowest BCUT2D eigenvalue weighted by atomic mass is 10.0. The molecule has 1 unspecified atom stereocenters. The van der Waals surface area contributed by atoms with E-state index < -0.39 is 6.23 Å². The second kappa shape index (κ2) is 14.0. The second-order valence-corrected chi connectivity index (χ2v) is 10.6. The predicted molar refractivity (Wildman–Crippen MR) is 158 cm³/mol.